The number of hydrogen-bond donors (Lipinski definition) is 2. The molecule has 1 heterocycles. The van der Waals surface area contributed by atoms with E-state index in [0.29, 0.717) is 5.16 Å². The minimum absolute atomic E-state index is 0.132. The number of amides is 1. The summed E-state index contributed by atoms with van der Waals surface area (Å²) in [6.45, 7) is 5.70. The van der Waals surface area contributed by atoms with E-state index in [-0.39, 0.29) is 28.6 Å². The number of rotatable bonds is 4. The molecular formula is C14H18FN5OS. The van der Waals surface area contributed by atoms with E-state index in [0.717, 1.165) is 11.8 Å². The van der Waals surface area contributed by atoms with Crippen molar-refractivity contribution in [3.05, 3.63) is 30.1 Å². The number of nitrogen functional groups attached to an aromatic ring is 1. The number of thioether (sulfide) groups is 1. The van der Waals surface area contributed by atoms with Crippen LogP contribution in [0.1, 0.15) is 20.8 Å². The molecule has 0 aliphatic carbocycles. The average molecular weight is 323 g/mol. The maximum atomic E-state index is 13.8. The second-order valence-electron chi connectivity index (χ2n) is 5.74. The van der Waals surface area contributed by atoms with Crippen LogP contribution in [0.15, 0.2) is 29.4 Å². The second kappa shape index (κ2) is 6.35. The highest BCUT2D eigenvalue weighted by molar-refractivity contribution is 7.99. The third kappa shape index (κ3) is 3.97. The van der Waals surface area contributed by atoms with E-state index in [4.69, 9.17) is 5.84 Å². The van der Waals surface area contributed by atoms with Gasteiger partial charge in [-0.05, 0) is 32.9 Å². The normalized spacial score (nSPS) is 11.5. The van der Waals surface area contributed by atoms with Crippen molar-refractivity contribution in [3.8, 4) is 11.4 Å². The molecule has 1 amide bonds. The van der Waals surface area contributed by atoms with Crippen molar-refractivity contribution in [1.29, 1.82) is 0 Å². The maximum Gasteiger partial charge on any atom is 0.230 e. The van der Waals surface area contributed by atoms with E-state index in [1.165, 1.54) is 10.7 Å². The molecule has 0 atom stereocenters. The molecule has 6 nitrogen and oxygen atoms in total. The summed E-state index contributed by atoms with van der Waals surface area (Å²) in [5.41, 5.74) is -0.0321. The van der Waals surface area contributed by atoms with Gasteiger partial charge in [0.25, 0.3) is 0 Å². The number of halogens is 1. The van der Waals surface area contributed by atoms with Crippen molar-refractivity contribution in [2.24, 2.45) is 0 Å². The fraction of sp³-hybridized carbons (Fsp3) is 0.357. The first-order valence-electron chi connectivity index (χ1n) is 6.67. The number of nitrogens with one attached hydrogen (secondary N) is 1. The zero-order valence-corrected chi connectivity index (χ0v) is 13.4. The van der Waals surface area contributed by atoms with Gasteiger partial charge in [-0.25, -0.2) is 9.07 Å². The number of carbonyl (C=O) groups is 1. The number of nitrogens with two attached hydrogens (primary N) is 1. The number of carbonyl (C=O) groups excluding carboxylic acids is 1. The van der Waals surface area contributed by atoms with E-state index in [9.17, 15) is 9.18 Å². The summed E-state index contributed by atoms with van der Waals surface area (Å²) >= 11 is 1.15. The molecule has 0 radical (unpaired) electrons. The van der Waals surface area contributed by atoms with Crippen LogP contribution < -0.4 is 11.2 Å². The molecule has 0 aliphatic heterocycles. The smallest absolute Gasteiger partial charge is 0.230 e. The topological polar surface area (TPSA) is 85.8 Å². The molecule has 8 heteroatoms. The Morgan fingerprint density at radius 1 is 1.36 bits per heavy atom. The molecule has 2 aromatic rings. The lowest BCUT2D eigenvalue weighted by Gasteiger charge is -2.20. The summed E-state index contributed by atoms with van der Waals surface area (Å²) in [5.74, 6) is 5.71. The standard InChI is InChI=1S/C14H18FN5OS/c1-14(2,3)17-11(21)8-22-13-19-18-12(20(13)16)9-6-4-5-7-10(9)15/h4-7H,8,16H2,1-3H3,(H,17,21). The highest BCUT2D eigenvalue weighted by Gasteiger charge is 2.18. The lowest BCUT2D eigenvalue weighted by atomic mass is 10.1. The summed E-state index contributed by atoms with van der Waals surface area (Å²) < 4.78 is 14.9. The van der Waals surface area contributed by atoms with Crippen LogP contribution in [0, 0.1) is 5.82 Å². The zero-order chi connectivity index (χ0) is 16.3. The largest absolute Gasteiger partial charge is 0.351 e. The fourth-order valence-corrected chi connectivity index (χ4v) is 2.44. The van der Waals surface area contributed by atoms with Crippen molar-refractivity contribution >= 4 is 17.7 Å². The van der Waals surface area contributed by atoms with E-state index in [1.807, 2.05) is 20.8 Å². The first-order valence-corrected chi connectivity index (χ1v) is 7.66. The summed E-state index contributed by atoms with van der Waals surface area (Å²) in [6.07, 6.45) is 0. The predicted octanol–water partition coefficient (Wildman–Crippen LogP) is 1.80. The van der Waals surface area contributed by atoms with Crippen LogP contribution in [0.2, 0.25) is 0 Å². The molecule has 22 heavy (non-hydrogen) atoms. The third-order valence-corrected chi connectivity index (χ3v) is 3.57. The number of benzene rings is 1. The molecule has 0 saturated heterocycles. The van der Waals surface area contributed by atoms with Gasteiger partial charge in [-0.3, -0.25) is 4.79 Å². The minimum atomic E-state index is -0.427. The SMILES string of the molecule is CC(C)(C)NC(=O)CSc1nnc(-c2ccccc2F)n1N. The molecule has 2 rings (SSSR count). The Morgan fingerprint density at radius 2 is 2.05 bits per heavy atom. The quantitative estimate of drug-likeness (QED) is 0.662. The Hall–Kier alpha value is -2.09. The lowest BCUT2D eigenvalue weighted by Crippen LogP contribution is -2.41. The summed E-state index contributed by atoms with van der Waals surface area (Å²) in [6, 6.07) is 6.18. The highest BCUT2D eigenvalue weighted by atomic mass is 32.2. The Labute approximate surface area is 132 Å². The van der Waals surface area contributed by atoms with E-state index in [2.05, 4.69) is 15.5 Å². The maximum absolute atomic E-state index is 13.8. The Morgan fingerprint density at radius 3 is 2.68 bits per heavy atom. The van der Waals surface area contributed by atoms with Crippen LogP contribution >= 0.6 is 11.8 Å². The molecule has 3 N–H and O–H groups in total. The molecule has 0 fully saturated rings. The van der Waals surface area contributed by atoms with Crippen molar-refractivity contribution in [1.82, 2.24) is 20.2 Å². The highest BCUT2D eigenvalue weighted by Crippen LogP contribution is 2.23. The Balaban J connectivity index is 2.09. The third-order valence-electron chi connectivity index (χ3n) is 2.63. The molecule has 1 aromatic heterocycles. The van der Waals surface area contributed by atoms with Crippen molar-refractivity contribution in [2.75, 3.05) is 11.6 Å². The van der Waals surface area contributed by atoms with Gasteiger partial charge in [0, 0.05) is 5.54 Å². The van der Waals surface area contributed by atoms with Gasteiger partial charge in [-0.1, -0.05) is 23.9 Å². The fourth-order valence-electron chi connectivity index (χ4n) is 1.79. The van der Waals surface area contributed by atoms with Crippen LogP contribution in [0.4, 0.5) is 4.39 Å². The van der Waals surface area contributed by atoms with Crippen LogP contribution in [0.25, 0.3) is 11.4 Å². The van der Waals surface area contributed by atoms with Crippen LogP contribution in [0.3, 0.4) is 0 Å². The van der Waals surface area contributed by atoms with Gasteiger partial charge in [-0.2, -0.15) is 0 Å². The molecular weight excluding hydrogens is 305 g/mol. The molecule has 1 aromatic carbocycles. The Kier molecular flexibility index (Phi) is 4.70. The summed E-state index contributed by atoms with van der Waals surface area (Å²) in [7, 11) is 0. The molecule has 0 bridgehead atoms. The minimum Gasteiger partial charge on any atom is -0.351 e. The molecule has 0 saturated carbocycles. The first-order chi connectivity index (χ1) is 10.3. The summed E-state index contributed by atoms with van der Waals surface area (Å²) in [4.78, 5) is 11.8. The van der Waals surface area contributed by atoms with Gasteiger partial charge in [0.2, 0.25) is 11.1 Å². The van der Waals surface area contributed by atoms with E-state index in [1.54, 1.807) is 18.2 Å². The molecule has 118 valence electrons. The summed E-state index contributed by atoms with van der Waals surface area (Å²) in [5, 5.41) is 11.0. The lowest BCUT2D eigenvalue weighted by molar-refractivity contribution is -0.119. The first kappa shape index (κ1) is 16.3. The van der Waals surface area contributed by atoms with Crippen molar-refractivity contribution in [2.45, 2.75) is 31.5 Å². The number of aromatic nitrogens is 3. The van der Waals surface area contributed by atoms with Gasteiger partial charge in [-0.15, -0.1) is 10.2 Å². The second-order valence-corrected chi connectivity index (χ2v) is 6.69. The van der Waals surface area contributed by atoms with Gasteiger partial charge in [0.15, 0.2) is 5.82 Å². The predicted molar refractivity (Wildman–Crippen MR) is 84.2 cm³/mol. The van der Waals surface area contributed by atoms with E-state index >= 15 is 0 Å². The van der Waals surface area contributed by atoms with Gasteiger partial charge in [0.05, 0.1) is 11.3 Å². The zero-order valence-electron chi connectivity index (χ0n) is 12.6. The average Bonchev–Trinajstić information content (AvgIpc) is 2.76. The molecule has 0 unspecified atom stereocenters. The van der Waals surface area contributed by atoms with Crippen LogP contribution in [0.5, 0.6) is 0 Å². The number of nitrogens with zero attached hydrogens (tertiary/aromatic N) is 3. The van der Waals surface area contributed by atoms with Gasteiger partial charge < -0.3 is 11.2 Å². The van der Waals surface area contributed by atoms with Gasteiger partial charge >= 0.3 is 0 Å². The van der Waals surface area contributed by atoms with Crippen molar-refractivity contribution < 1.29 is 9.18 Å². The molecule has 0 spiro atoms. The number of hydrogen-bond acceptors (Lipinski definition) is 5. The van der Waals surface area contributed by atoms with Gasteiger partial charge in [0.1, 0.15) is 5.82 Å². The molecule has 0 aliphatic rings. The monoisotopic (exact) mass is 323 g/mol. The van der Waals surface area contributed by atoms with E-state index < -0.39 is 5.82 Å². The van der Waals surface area contributed by atoms with Crippen LogP contribution in [-0.4, -0.2) is 32.1 Å². The Bertz CT molecular complexity index is 680. The van der Waals surface area contributed by atoms with Crippen molar-refractivity contribution in [3.63, 3.8) is 0 Å². The van der Waals surface area contributed by atoms with Crippen LogP contribution in [-0.2, 0) is 4.79 Å².